The third-order valence-corrected chi connectivity index (χ3v) is 5.52. The van der Waals surface area contributed by atoms with E-state index in [9.17, 15) is 22.2 Å². The van der Waals surface area contributed by atoms with Crippen LogP contribution in [0.5, 0.6) is 0 Å². The SMILES string of the molecule is C=C/C(=C\C=C/C)S(C)=O.CC(C)(C)OC(=O)N1CCC(OCc2ccc(C(F)(F)F)cc2)C1. The molecule has 1 fully saturated rings. The highest BCUT2D eigenvalue weighted by Gasteiger charge is 2.31. The summed E-state index contributed by atoms with van der Waals surface area (Å²) in [6, 6.07) is 4.90. The highest BCUT2D eigenvalue weighted by atomic mass is 32.2. The molecular weight excluding hydrogens is 467 g/mol. The van der Waals surface area contributed by atoms with Crippen LogP contribution in [0.25, 0.3) is 0 Å². The molecule has 1 heterocycles. The van der Waals surface area contributed by atoms with Gasteiger partial charge in [-0.1, -0.05) is 36.9 Å². The maximum absolute atomic E-state index is 12.5. The van der Waals surface area contributed by atoms with Gasteiger partial charge in [0.25, 0.3) is 0 Å². The Morgan fingerprint density at radius 2 is 1.85 bits per heavy atom. The lowest BCUT2D eigenvalue weighted by atomic mass is 10.1. The van der Waals surface area contributed by atoms with E-state index in [1.54, 1.807) is 44.1 Å². The lowest BCUT2D eigenvalue weighted by Crippen LogP contribution is -2.36. The van der Waals surface area contributed by atoms with Crippen molar-refractivity contribution in [2.75, 3.05) is 19.3 Å². The van der Waals surface area contributed by atoms with Crippen LogP contribution < -0.4 is 0 Å². The van der Waals surface area contributed by atoms with Gasteiger partial charge in [0.05, 0.1) is 24.8 Å². The molecule has 0 radical (unpaired) electrons. The van der Waals surface area contributed by atoms with Gasteiger partial charge in [-0.3, -0.25) is 4.21 Å². The summed E-state index contributed by atoms with van der Waals surface area (Å²) in [5.41, 5.74) is -0.557. The summed E-state index contributed by atoms with van der Waals surface area (Å²) in [6.07, 6.45) is 4.60. The van der Waals surface area contributed by atoms with E-state index in [1.165, 1.54) is 12.1 Å². The molecule has 0 saturated carbocycles. The van der Waals surface area contributed by atoms with Gasteiger partial charge in [0, 0.05) is 28.5 Å². The number of allylic oxidation sites excluding steroid dienone is 4. The normalized spacial score (nSPS) is 17.8. The molecule has 1 amide bonds. The van der Waals surface area contributed by atoms with Gasteiger partial charge < -0.3 is 14.4 Å². The fourth-order valence-corrected chi connectivity index (χ4v) is 3.34. The molecule has 1 aliphatic rings. The van der Waals surface area contributed by atoms with Crippen molar-refractivity contribution in [1.29, 1.82) is 0 Å². The summed E-state index contributed by atoms with van der Waals surface area (Å²) in [7, 11) is -0.913. The number of nitrogens with zero attached hydrogens (tertiary/aromatic N) is 1. The molecule has 1 aromatic rings. The van der Waals surface area contributed by atoms with Crippen molar-refractivity contribution >= 4 is 16.9 Å². The van der Waals surface area contributed by atoms with E-state index < -0.39 is 28.1 Å². The summed E-state index contributed by atoms with van der Waals surface area (Å²) >= 11 is 0. The minimum absolute atomic E-state index is 0.139. The van der Waals surface area contributed by atoms with E-state index in [1.807, 2.05) is 19.1 Å². The maximum Gasteiger partial charge on any atom is 0.416 e. The average Bonchev–Trinajstić information content (AvgIpc) is 3.21. The number of carbonyl (C=O) groups excluding carboxylic acids is 1. The highest BCUT2D eigenvalue weighted by Crippen LogP contribution is 2.29. The van der Waals surface area contributed by atoms with Crippen LogP contribution in [0.2, 0.25) is 0 Å². The van der Waals surface area contributed by atoms with Gasteiger partial charge in [0.15, 0.2) is 0 Å². The lowest BCUT2D eigenvalue weighted by molar-refractivity contribution is -0.137. The van der Waals surface area contributed by atoms with Crippen molar-refractivity contribution in [3.63, 3.8) is 0 Å². The molecule has 0 aliphatic carbocycles. The van der Waals surface area contributed by atoms with E-state index >= 15 is 0 Å². The molecule has 0 N–H and O–H groups in total. The average molecular weight is 502 g/mol. The number of ether oxygens (including phenoxy) is 2. The van der Waals surface area contributed by atoms with Crippen molar-refractivity contribution < 1.29 is 31.6 Å². The molecule has 2 atom stereocenters. The number of alkyl halides is 3. The number of rotatable bonds is 6. The Morgan fingerprint density at radius 1 is 1.24 bits per heavy atom. The molecule has 1 aliphatic heterocycles. The van der Waals surface area contributed by atoms with E-state index in [-0.39, 0.29) is 18.8 Å². The van der Waals surface area contributed by atoms with Crippen molar-refractivity contribution in [2.24, 2.45) is 0 Å². The Kier molecular flexibility index (Phi) is 11.8. The minimum Gasteiger partial charge on any atom is -0.444 e. The first-order chi connectivity index (χ1) is 15.8. The molecular formula is C25H34F3NO4S. The quantitative estimate of drug-likeness (QED) is 0.433. The van der Waals surface area contributed by atoms with Gasteiger partial charge in [-0.15, -0.1) is 0 Å². The molecule has 0 bridgehead atoms. The number of likely N-dealkylation sites (tertiary alicyclic amines) is 1. The third kappa shape index (κ3) is 11.2. The largest absolute Gasteiger partial charge is 0.444 e. The Bertz CT molecular complexity index is 887. The molecule has 2 unspecified atom stereocenters. The number of amides is 1. The van der Waals surface area contributed by atoms with Crippen LogP contribution in [0.3, 0.4) is 0 Å². The number of halogens is 3. The van der Waals surface area contributed by atoms with Gasteiger partial charge >= 0.3 is 12.3 Å². The Labute approximate surface area is 202 Å². The first-order valence-electron chi connectivity index (χ1n) is 10.8. The zero-order valence-electron chi connectivity index (χ0n) is 20.4. The summed E-state index contributed by atoms with van der Waals surface area (Å²) in [4.78, 5) is 14.3. The molecule has 9 heteroatoms. The number of hydrogen-bond donors (Lipinski definition) is 0. The van der Waals surface area contributed by atoms with E-state index in [0.717, 1.165) is 17.0 Å². The van der Waals surface area contributed by atoms with Crippen molar-refractivity contribution in [2.45, 2.75) is 58.6 Å². The number of hydrogen-bond acceptors (Lipinski definition) is 4. The van der Waals surface area contributed by atoms with E-state index in [4.69, 9.17) is 9.47 Å². The second kappa shape index (κ2) is 13.5. The van der Waals surface area contributed by atoms with Crippen LogP contribution >= 0.6 is 0 Å². The van der Waals surface area contributed by atoms with Crippen molar-refractivity contribution in [3.05, 3.63) is 71.2 Å². The van der Waals surface area contributed by atoms with E-state index in [0.29, 0.717) is 25.1 Å². The number of carbonyl (C=O) groups is 1. The predicted octanol–water partition coefficient (Wildman–Crippen LogP) is 6.24. The second-order valence-corrected chi connectivity index (χ2v) is 9.98. The zero-order valence-corrected chi connectivity index (χ0v) is 21.2. The smallest absolute Gasteiger partial charge is 0.416 e. The standard InChI is InChI=1S/C17H22F3NO3.C8H12OS/c1-16(2,3)24-15(22)21-9-8-14(10-21)23-11-12-4-6-13(7-5-12)17(18,19)20;1-4-6-7-8(5-2)10(3)9/h4-7,14H,8-11H2,1-3H3;4-7H,2H2,1,3H3/b;6-4-,8-7+. The van der Waals surface area contributed by atoms with Gasteiger partial charge in [-0.25, -0.2) is 4.79 Å². The topological polar surface area (TPSA) is 55.8 Å². The molecule has 0 aromatic heterocycles. The Hall–Kier alpha value is -2.39. The van der Waals surface area contributed by atoms with E-state index in [2.05, 4.69) is 6.58 Å². The van der Waals surface area contributed by atoms with Gasteiger partial charge in [0.2, 0.25) is 0 Å². The summed E-state index contributed by atoms with van der Waals surface area (Å²) in [5.74, 6) is 0. The fourth-order valence-electron chi connectivity index (χ4n) is 2.83. The van der Waals surface area contributed by atoms with Crippen LogP contribution in [-0.4, -0.2) is 46.3 Å². The molecule has 190 valence electrons. The Balaban J connectivity index is 0.000000489. The van der Waals surface area contributed by atoms with Crippen LogP contribution in [-0.2, 0) is 33.1 Å². The number of benzene rings is 1. The lowest BCUT2D eigenvalue weighted by Gasteiger charge is -2.24. The van der Waals surface area contributed by atoms with Crippen molar-refractivity contribution in [3.8, 4) is 0 Å². The van der Waals surface area contributed by atoms with Crippen LogP contribution in [0, 0.1) is 0 Å². The van der Waals surface area contributed by atoms with Crippen LogP contribution in [0.15, 0.2) is 60.1 Å². The monoisotopic (exact) mass is 501 g/mol. The molecule has 34 heavy (non-hydrogen) atoms. The molecule has 1 saturated heterocycles. The molecule has 1 aromatic carbocycles. The Morgan fingerprint density at radius 3 is 2.32 bits per heavy atom. The molecule has 0 spiro atoms. The summed E-state index contributed by atoms with van der Waals surface area (Å²) in [5, 5.41) is 0. The maximum atomic E-state index is 12.5. The zero-order chi connectivity index (χ0) is 25.9. The third-order valence-electron chi connectivity index (χ3n) is 4.55. The van der Waals surface area contributed by atoms with Gasteiger partial charge in [-0.05, 0) is 57.9 Å². The summed E-state index contributed by atoms with van der Waals surface area (Å²) in [6.45, 7) is 12.1. The molecule has 5 nitrogen and oxygen atoms in total. The fraction of sp³-hybridized carbons (Fsp3) is 0.480. The minimum atomic E-state index is -4.33. The highest BCUT2D eigenvalue weighted by molar-refractivity contribution is 7.88. The molecule has 2 rings (SSSR count). The van der Waals surface area contributed by atoms with Crippen molar-refractivity contribution in [1.82, 2.24) is 4.90 Å². The first-order valence-corrected chi connectivity index (χ1v) is 12.4. The summed E-state index contributed by atoms with van der Waals surface area (Å²) < 4.78 is 59.3. The second-order valence-electron chi connectivity index (χ2n) is 8.60. The van der Waals surface area contributed by atoms with Crippen LogP contribution in [0.1, 0.15) is 45.2 Å². The van der Waals surface area contributed by atoms with Crippen LogP contribution in [0.4, 0.5) is 18.0 Å². The predicted molar refractivity (Wildman–Crippen MR) is 130 cm³/mol. The van der Waals surface area contributed by atoms with Gasteiger partial charge in [0.1, 0.15) is 5.60 Å². The first kappa shape index (κ1) is 29.6. The van der Waals surface area contributed by atoms with Gasteiger partial charge in [-0.2, -0.15) is 13.2 Å².